The number of anilines is 2. The number of halogens is 1. The van der Waals surface area contributed by atoms with Crippen molar-refractivity contribution in [3.63, 3.8) is 0 Å². The first kappa shape index (κ1) is 20.0. The molecule has 2 aromatic heterocycles. The number of nitrogens with one attached hydrogen (secondary N) is 3. The molecule has 0 fully saturated rings. The summed E-state index contributed by atoms with van der Waals surface area (Å²) in [5.41, 5.74) is 2.12. The largest absolute Gasteiger partial charge is 0.324 e. The maximum Gasteiger partial charge on any atom is 0.324 e. The Bertz CT molecular complexity index is 1270. The molecule has 31 heavy (non-hydrogen) atoms. The van der Waals surface area contributed by atoms with Gasteiger partial charge in [-0.25, -0.2) is 14.2 Å². The summed E-state index contributed by atoms with van der Waals surface area (Å²) in [4.78, 5) is 31.7. The summed E-state index contributed by atoms with van der Waals surface area (Å²) in [6.45, 7) is 1.89. The summed E-state index contributed by atoms with van der Waals surface area (Å²) in [5, 5.41) is 9.87. The van der Waals surface area contributed by atoms with Crippen LogP contribution in [-0.2, 0) is 6.42 Å². The lowest BCUT2D eigenvalue weighted by Gasteiger charge is -2.10. The Balaban J connectivity index is 1.70. The van der Waals surface area contributed by atoms with E-state index >= 15 is 0 Å². The Morgan fingerprint density at radius 3 is 2.52 bits per heavy atom. The SMILES string of the molecule is CCc1cc(=O)[nH]c(-n2nc(-c3ccccc3)cc2NC(=O)Nc2ccc(F)cc2)n1. The van der Waals surface area contributed by atoms with Gasteiger partial charge in [-0.15, -0.1) is 0 Å². The van der Waals surface area contributed by atoms with Gasteiger partial charge in [0, 0.05) is 29.1 Å². The average molecular weight is 418 g/mol. The quantitative estimate of drug-likeness (QED) is 0.456. The number of H-pyrrole nitrogens is 1. The predicted molar refractivity (Wildman–Crippen MR) is 116 cm³/mol. The molecule has 0 aliphatic heterocycles. The highest BCUT2D eigenvalue weighted by Crippen LogP contribution is 2.23. The van der Waals surface area contributed by atoms with E-state index in [1.807, 2.05) is 37.3 Å². The fourth-order valence-electron chi connectivity index (χ4n) is 2.97. The Labute approximate surface area is 176 Å². The molecule has 0 atom stereocenters. The highest BCUT2D eigenvalue weighted by Gasteiger charge is 2.16. The summed E-state index contributed by atoms with van der Waals surface area (Å²) in [5.74, 6) is 0.0841. The highest BCUT2D eigenvalue weighted by molar-refractivity contribution is 5.99. The molecule has 3 N–H and O–H groups in total. The minimum atomic E-state index is -0.554. The third-order valence-corrected chi connectivity index (χ3v) is 4.47. The second-order valence-electron chi connectivity index (χ2n) is 6.69. The van der Waals surface area contributed by atoms with Crippen molar-refractivity contribution in [1.82, 2.24) is 19.7 Å². The van der Waals surface area contributed by atoms with Gasteiger partial charge in [0.15, 0.2) is 0 Å². The standard InChI is InChI=1S/C22H19FN6O2/c1-2-16-12-20(30)27-21(24-16)29-19(13-18(28-29)14-6-4-3-5-7-14)26-22(31)25-17-10-8-15(23)9-11-17/h3-13H,2H2,1H3,(H,24,27,30)(H2,25,26,31). The van der Waals surface area contributed by atoms with Crippen LogP contribution in [0.1, 0.15) is 12.6 Å². The van der Waals surface area contributed by atoms with Crippen molar-refractivity contribution in [2.75, 3.05) is 10.6 Å². The number of nitrogens with zero attached hydrogens (tertiary/aromatic N) is 3. The topological polar surface area (TPSA) is 105 Å². The van der Waals surface area contributed by atoms with Crippen molar-refractivity contribution in [3.05, 3.63) is 88.6 Å². The number of aryl methyl sites for hydroxylation is 1. The van der Waals surface area contributed by atoms with E-state index in [4.69, 9.17) is 0 Å². The van der Waals surface area contributed by atoms with Gasteiger partial charge in [-0.3, -0.25) is 15.1 Å². The molecular weight excluding hydrogens is 399 g/mol. The number of rotatable bonds is 5. The zero-order chi connectivity index (χ0) is 21.8. The maximum absolute atomic E-state index is 13.1. The van der Waals surface area contributed by atoms with Crippen LogP contribution in [0.5, 0.6) is 0 Å². The minimum absolute atomic E-state index is 0.184. The van der Waals surface area contributed by atoms with Crippen LogP contribution >= 0.6 is 0 Å². The predicted octanol–water partition coefficient (Wildman–Crippen LogP) is 3.97. The average Bonchev–Trinajstić information content (AvgIpc) is 3.19. The van der Waals surface area contributed by atoms with Gasteiger partial charge in [-0.1, -0.05) is 37.3 Å². The molecule has 2 amide bonds. The van der Waals surface area contributed by atoms with Crippen molar-refractivity contribution in [1.29, 1.82) is 0 Å². The van der Waals surface area contributed by atoms with Crippen LogP contribution in [0.25, 0.3) is 17.2 Å². The molecule has 0 radical (unpaired) electrons. The van der Waals surface area contributed by atoms with Gasteiger partial charge in [0.25, 0.3) is 5.56 Å². The second kappa shape index (κ2) is 8.62. The molecule has 0 unspecified atom stereocenters. The number of carbonyl (C=O) groups is 1. The van der Waals surface area contributed by atoms with E-state index in [1.165, 1.54) is 35.0 Å². The van der Waals surface area contributed by atoms with Crippen LogP contribution < -0.4 is 16.2 Å². The highest BCUT2D eigenvalue weighted by atomic mass is 19.1. The normalized spacial score (nSPS) is 10.6. The molecule has 2 aromatic carbocycles. The molecule has 0 saturated carbocycles. The lowest BCUT2D eigenvalue weighted by Crippen LogP contribution is -2.22. The van der Waals surface area contributed by atoms with Crippen LogP contribution in [0.3, 0.4) is 0 Å². The number of urea groups is 1. The van der Waals surface area contributed by atoms with Crippen LogP contribution in [0.15, 0.2) is 71.5 Å². The van der Waals surface area contributed by atoms with E-state index in [2.05, 4.69) is 25.7 Å². The smallest absolute Gasteiger partial charge is 0.308 e. The maximum atomic E-state index is 13.1. The molecule has 0 aliphatic rings. The van der Waals surface area contributed by atoms with E-state index < -0.39 is 11.8 Å². The third kappa shape index (κ3) is 4.67. The summed E-state index contributed by atoms with van der Waals surface area (Å²) < 4.78 is 14.5. The van der Waals surface area contributed by atoms with Crippen LogP contribution in [0.4, 0.5) is 20.7 Å². The molecule has 8 nitrogen and oxygen atoms in total. The number of carbonyl (C=O) groups excluding carboxylic acids is 1. The number of hydrogen-bond acceptors (Lipinski definition) is 4. The molecule has 156 valence electrons. The van der Waals surface area contributed by atoms with E-state index in [-0.39, 0.29) is 11.5 Å². The molecule has 0 spiro atoms. The van der Waals surface area contributed by atoms with Crippen LogP contribution in [-0.4, -0.2) is 25.8 Å². The number of benzene rings is 2. The van der Waals surface area contributed by atoms with Gasteiger partial charge in [-0.05, 0) is 30.7 Å². The first-order valence-corrected chi connectivity index (χ1v) is 9.61. The van der Waals surface area contributed by atoms with Crippen LogP contribution in [0, 0.1) is 5.82 Å². The van der Waals surface area contributed by atoms with E-state index in [0.717, 1.165) is 5.56 Å². The van der Waals surface area contributed by atoms with Crippen molar-refractivity contribution < 1.29 is 9.18 Å². The fourth-order valence-corrected chi connectivity index (χ4v) is 2.97. The molecule has 0 aliphatic carbocycles. The zero-order valence-corrected chi connectivity index (χ0v) is 16.6. The number of hydrogen-bond donors (Lipinski definition) is 3. The molecule has 0 saturated heterocycles. The molecule has 4 aromatic rings. The molecular formula is C22H19FN6O2. The Morgan fingerprint density at radius 1 is 1.06 bits per heavy atom. The van der Waals surface area contributed by atoms with E-state index in [0.29, 0.717) is 29.3 Å². The van der Waals surface area contributed by atoms with Crippen molar-refractivity contribution in [3.8, 4) is 17.2 Å². The molecule has 2 heterocycles. The Morgan fingerprint density at radius 2 is 1.81 bits per heavy atom. The summed E-state index contributed by atoms with van der Waals surface area (Å²) in [6.07, 6.45) is 0.567. The number of aromatic nitrogens is 4. The van der Waals surface area contributed by atoms with Gasteiger partial charge in [0.05, 0.1) is 5.69 Å². The lowest BCUT2D eigenvalue weighted by atomic mass is 10.2. The monoisotopic (exact) mass is 418 g/mol. The summed E-state index contributed by atoms with van der Waals surface area (Å²) in [7, 11) is 0. The fraction of sp³-hybridized carbons (Fsp3) is 0.0909. The zero-order valence-electron chi connectivity index (χ0n) is 16.6. The molecule has 0 bridgehead atoms. The summed E-state index contributed by atoms with van der Waals surface area (Å²) in [6, 6.07) is 17.3. The number of amides is 2. The van der Waals surface area contributed by atoms with E-state index in [1.54, 1.807) is 6.07 Å². The third-order valence-electron chi connectivity index (χ3n) is 4.47. The second-order valence-corrected chi connectivity index (χ2v) is 6.69. The number of aromatic amines is 1. The first-order chi connectivity index (χ1) is 15.0. The van der Waals surface area contributed by atoms with Gasteiger partial charge in [0.1, 0.15) is 11.6 Å². The Kier molecular flexibility index (Phi) is 5.57. The molecule has 4 rings (SSSR count). The van der Waals surface area contributed by atoms with E-state index in [9.17, 15) is 14.0 Å². The van der Waals surface area contributed by atoms with Crippen molar-refractivity contribution in [2.24, 2.45) is 0 Å². The Hall–Kier alpha value is -4.27. The minimum Gasteiger partial charge on any atom is -0.308 e. The van der Waals surface area contributed by atoms with Gasteiger partial charge in [0.2, 0.25) is 5.95 Å². The van der Waals surface area contributed by atoms with Crippen LogP contribution in [0.2, 0.25) is 0 Å². The summed E-state index contributed by atoms with van der Waals surface area (Å²) >= 11 is 0. The van der Waals surface area contributed by atoms with Gasteiger partial charge >= 0.3 is 6.03 Å². The van der Waals surface area contributed by atoms with Gasteiger partial charge < -0.3 is 5.32 Å². The van der Waals surface area contributed by atoms with Gasteiger partial charge in [-0.2, -0.15) is 9.78 Å². The van der Waals surface area contributed by atoms with Crippen molar-refractivity contribution in [2.45, 2.75) is 13.3 Å². The lowest BCUT2D eigenvalue weighted by molar-refractivity contribution is 0.262. The van der Waals surface area contributed by atoms with Crippen molar-refractivity contribution >= 4 is 17.5 Å². The molecule has 9 heteroatoms. The first-order valence-electron chi connectivity index (χ1n) is 9.61.